The van der Waals surface area contributed by atoms with Gasteiger partial charge in [-0.2, -0.15) is 0 Å². The Kier molecular flexibility index (Phi) is 9.61. The Morgan fingerprint density at radius 2 is 1.62 bits per heavy atom. The van der Waals surface area contributed by atoms with Crippen LogP contribution in [0.25, 0.3) is 0 Å². The molecule has 0 heterocycles. The fourth-order valence-electron chi connectivity index (χ4n) is 0.717. The molecule has 0 fully saturated rings. The largest absolute Gasteiger partial charge is 0.508 e. The monoisotopic (exact) mass is 184 g/mol. The second kappa shape index (κ2) is 8.78. The van der Waals surface area contributed by atoms with Gasteiger partial charge in [-0.3, -0.25) is 0 Å². The molecule has 0 saturated heterocycles. The number of phenolic OH excluding ortho intramolecular Hbond substituents is 1. The van der Waals surface area contributed by atoms with Crippen molar-refractivity contribution >= 4 is 0 Å². The van der Waals surface area contributed by atoms with E-state index in [0.717, 1.165) is 11.6 Å². The van der Waals surface area contributed by atoms with E-state index in [1.807, 2.05) is 13.8 Å². The highest BCUT2D eigenvalue weighted by atomic mass is 19.1. The molecular formula is C11H17FO. The summed E-state index contributed by atoms with van der Waals surface area (Å²) in [7, 11) is 0. The third-order valence-electron chi connectivity index (χ3n) is 1.03. The smallest absolute Gasteiger partial charge is 0.127 e. The minimum atomic E-state index is -0.396. The molecule has 1 N–H and O–H groups in total. The minimum absolute atomic E-state index is 0.0208. The second-order valence-electron chi connectivity index (χ2n) is 1.99. The van der Waals surface area contributed by atoms with Crippen molar-refractivity contribution < 1.29 is 9.50 Å². The van der Waals surface area contributed by atoms with E-state index in [9.17, 15) is 4.39 Å². The molecule has 1 nitrogen and oxygen atoms in total. The zero-order valence-electron chi connectivity index (χ0n) is 8.47. The van der Waals surface area contributed by atoms with E-state index >= 15 is 0 Å². The van der Waals surface area contributed by atoms with Crippen molar-refractivity contribution in [1.29, 1.82) is 0 Å². The maximum Gasteiger partial charge on any atom is 0.127 e. The van der Waals surface area contributed by atoms with E-state index < -0.39 is 5.82 Å². The maximum absolute atomic E-state index is 12.3. The highest BCUT2D eigenvalue weighted by molar-refractivity contribution is 5.26. The predicted molar refractivity (Wildman–Crippen MR) is 55.4 cm³/mol. The van der Waals surface area contributed by atoms with Gasteiger partial charge in [-0.15, -0.1) is 13.2 Å². The molecule has 1 aromatic rings. The quantitative estimate of drug-likeness (QED) is 0.610. The molecule has 0 saturated carbocycles. The molecule has 0 aliphatic rings. The molecule has 0 bridgehead atoms. The van der Waals surface area contributed by atoms with Gasteiger partial charge in [-0.1, -0.05) is 13.8 Å². The fourth-order valence-corrected chi connectivity index (χ4v) is 0.717. The molecule has 0 spiro atoms. The van der Waals surface area contributed by atoms with Gasteiger partial charge in [0.05, 0.1) is 0 Å². The maximum atomic E-state index is 12.3. The number of aromatic hydroxyl groups is 1. The second-order valence-corrected chi connectivity index (χ2v) is 1.99. The van der Waals surface area contributed by atoms with Crippen LogP contribution >= 0.6 is 0 Å². The molecule has 0 atom stereocenters. The van der Waals surface area contributed by atoms with Gasteiger partial charge in [0.2, 0.25) is 0 Å². The molecule has 0 radical (unpaired) electrons. The number of halogens is 1. The molecule has 2 heteroatoms. The van der Waals surface area contributed by atoms with Crippen molar-refractivity contribution in [1.82, 2.24) is 0 Å². The first-order valence-corrected chi connectivity index (χ1v) is 4.14. The van der Waals surface area contributed by atoms with Gasteiger partial charge in [0.1, 0.15) is 11.6 Å². The van der Waals surface area contributed by atoms with Gasteiger partial charge in [0.25, 0.3) is 0 Å². The predicted octanol–water partition coefficient (Wildman–Crippen LogP) is 3.67. The lowest BCUT2D eigenvalue weighted by Crippen LogP contribution is -1.75. The van der Waals surface area contributed by atoms with E-state index in [1.54, 1.807) is 6.92 Å². The number of hydrogen-bond acceptors (Lipinski definition) is 1. The topological polar surface area (TPSA) is 20.2 Å². The Bertz CT molecular complexity index is 183. The highest BCUT2D eigenvalue weighted by Crippen LogP contribution is 2.12. The summed E-state index contributed by atoms with van der Waals surface area (Å²) in [5.74, 6) is -0.417. The number of phenols is 1. The van der Waals surface area contributed by atoms with E-state index in [2.05, 4.69) is 13.2 Å². The van der Waals surface area contributed by atoms with Crippen LogP contribution in [0.1, 0.15) is 19.4 Å². The normalized spacial score (nSPS) is 7.38. The lowest BCUT2D eigenvalue weighted by atomic mass is 10.2. The van der Waals surface area contributed by atoms with Crippen LogP contribution in [0.5, 0.6) is 5.75 Å². The first kappa shape index (κ1) is 14.2. The minimum Gasteiger partial charge on any atom is -0.508 e. The highest BCUT2D eigenvalue weighted by Gasteiger charge is 1.92. The summed E-state index contributed by atoms with van der Waals surface area (Å²) in [6.45, 7) is 11.7. The Labute approximate surface area is 79.5 Å². The lowest BCUT2D eigenvalue weighted by molar-refractivity contribution is 0.468. The summed E-state index contributed by atoms with van der Waals surface area (Å²) in [5, 5.41) is 8.75. The average Bonchev–Trinajstić information content (AvgIpc) is 2.09. The summed E-state index contributed by atoms with van der Waals surface area (Å²) in [4.78, 5) is 0. The molecule has 0 unspecified atom stereocenters. The number of benzene rings is 1. The van der Waals surface area contributed by atoms with Crippen LogP contribution in [0.4, 0.5) is 4.39 Å². The zero-order chi connectivity index (χ0) is 10.9. The average molecular weight is 184 g/mol. The van der Waals surface area contributed by atoms with E-state index in [4.69, 9.17) is 5.11 Å². The van der Waals surface area contributed by atoms with Crippen molar-refractivity contribution in [3.63, 3.8) is 0 Å². The van der Waals surface area contributed by atoms with Gasteiger partial charge < -0.3 is 5.11 Å². The van der Waals surface area contributed by atoms with Crippen molar-refractivity contribution in [3.05, 3.63) is 42.7 Å². The van der Waals surface area contributed by atoms with E-state index in [0.29, 0.717) is 0 Å². The van der Waals surface area contributed by atoms with Gasteiger partial charge in [-0.05, 0) is 24.6 Å². The van der Waals surface area contributed by atoms with E-state index in [-0.39, 0.29) is 5.75 Å². The number of rotatable bonds is 0. The van der Waals surface area contributed by atoms with Gasteiger partial charge in [0, 0.05) is 6.07 Å². The summed E-state index contributed by atoms with van der Waals surface area (Å²) >= 11 is 0. The third-order valence-corrected chi connectivity index (χ3v) is 1.03. The van der Waals surface area contributed by atoms with Crippen LogP contribution in [-0.4, -0.2) is 5.11 Å². The molecular weight excluding hydrogens is 167 g/mol. The van der Waals surface area contributed by atoms with Gasteiger partial charge in [-0.25, -0.2) is 4.39 Å². The summed E-state index contributed by atoms with van der Waals surface area (Å²) in [6.07, 6.45) is 0. The summed E-state index contributed by atoms with van der Waals surface area (Å²) in [5.41, 5.74) is 0.729. The fraction of sp³-hybridized carbons (Fsp3) is 0.273. The molecule has 74 valence electrons. The van der Waals surface area contributed by atoms with Crippen LogP contribution in [-0.2, 0) is 0 Å². The zero-order valence-corrected chi connectivity index (χ0v) is 8.47. The Morgan fingerprint density at radius 1 is 1.15 bits per heavy atom. The number of aryl methyl sites for hydroxylation is 1. The van der Waals surface area contributed by atoms with E-state index in [1.165, 1.54) is 12.1 Å². The molecule has 0 aliphatic carbocycles. The first-order chi connectivity index (χ1) is 6.18. The van der Waals surface area contributed by atoms with Crippen LogP contribution in [0.2, 0.25) is 0 Å². The van der Waals surface area contributed by atoms with Gasteiger partial charge >= 0.3 is 0 Å². The summed E-state index contributed by atoms with van der Waals surface area (Å²) < 4.78 is 12.3. The molecule has 1 aromatic carbocycles. The molecule has 0 aromatic heterocycles. The Hall–Kier alpha value is -1.31. The Balaban J connectivity index is 0. The number of hydrogen-bond donors (Lipinski definition) is 1. The lowest BCUT2D eigenvalue weighted by Gasteiger charge is -1.93. The van der Waals surface area contributed by atoms with Crippen LogP contribution in [0.3, 0.4) is 0 Å². The van der Waals surface area contributed by atoms with Crippen molar-refractivity contribution in [2.45, 2.75) is 20.8 Å². The molecule has 1 rings (SSSR count). The van der Waals surface area contributed by atoms with Crippen molar-refractivity contribution in [3.8, 4) is 5.75 Å². The standard InChI is InChI=1S/C7H7FO.C2H6.C2H4/c1-5-2-6(8)4-7(9)3-5;2*1-2/h2-4,9H,1H3;1-2H3;1-2H2. The first-order valence-electron chi connectivity index (χ1n) is 4.14. The van der Waals surface area contributed by atoms with Crippen LogP contribution in [0, 0.1) is 12.7 Å². The van der Waals surface area contributed by atoms with Crippen LogP contribution < -0.4 is 0 Å². The summed E-state index contributed by atoms with van der Waals surface area (Å²) in [6, 6.07) is 3.94. The molecule has 0 aliphatic heterocycles. The van der Waals surface area contributed by atoms with Gasteiger partial charge in [0.15, 0.2) is 0 Å². The van der Waals surface area contributed by atoms with Crippen molar-refractivity contribution in [2.75, 3.05) is 0 Å². The van der Waals surface area contributed by atoms with Crippen LogP contribution in [0.15, 0.2) is 31.4 Å². The Morgan fingerprint density at radius 3 is 1.92 bits per heavy atom. The third kappa shape index (κ3) is 7.06. The van der Waals surface area contributed by atoms with Crippen molar-refractivity contribution in [2.24, 2.45) is 0 Å². The molecule has 0 amide bonds. The SMILES string of the molecule is C=C.CC.Cc1cc(O)cc(F)c1. The molecule has 13 heavy (non-hydrogen) atoms.